The van der Waals surface area contributed by atoms with Crippen LogP contribution in [0.1, 0.15) is 6.92 Å². The summed E-state index contributed by atoms with van der Waals surface area (Å²) in [6, 6.07) is 0.264. The highest BCUT2D eigenvalue weighted by Crippen LogP contribution is 2.25. The maximum absolute atomic E-state index is 8.37. The zero-order valence-electron chi connectivity index (χ0n) is 6.45. The molecule has 4 N–H and O–H groups in total. The number of nitrogens with two attached hydrogens (primary N) is 1. The molecule has 2 unspecified atom stereocenters. The first-order chi connectivity index (χ1) is 5.24. The fourth-order valence-electron chi connectivity index (χ4n) is 1.02. The van der Waals surface area contributed by atoms with Crippen LogP contribution in [-0.2, 0) is 0 Å². The molecule has 0 saturated carbocycles. The van der Waals surface area contributed by atoms with Crippen molar-refractivity contribution in [3.63, 3.8) is 0 Å². The van der Waals surface area contributed by atoms with E-state index in [0.717, 1.165) is 11.5 Å². The third kappa shape index (κ3) is 2.27. The third-order valence-corrected chi connectivity index (χ3v) is 3.08. The number of hydrogen-bond donors (Lipinski definition) is 3. The lowest BCUT2D eigenvalue weighted by atomic mass is 10.1. The van der Waals surface area contributed by atoms with Crippen molar-refractivity contribution in [1.82, 2.24) is 5.48 Å². The zero-order valence-corrected chi connectivity index (χ0v) is 7.27. The smallest absolute Gasteiger partial charge is 0.213 e. The van der Waals surface area contributed by atoms with Gasteiger partial charge in [-0.1, -0.05) is 6.92 Å². The van der Waals surface area contributed by atoms with Gasteiger partial charge < -0.3 is 5.73 Å². The second-order valence-electron chi connectivity index (χ2n) is 2.71. The Labute approximate surface area is 70.2 Å². The van der Waals surface area contributed by atoms with Crippen LogP contribution in [0.25, 0.3) is 0 Å². The van der Waals surface area contributed by atoms with Gasteiger partial charge in [-0.05, 0) is 11.7 Å². The Morgan fingerprint density at radius 2 is 2.45 bits per heavy atom. The highest BCUT2D eigenvalue weighted by atomic mass is 32.2. The summed E-state index contributed by atoms with van der Waals surface area (Å²) in [6.07, 6.45) is 0. The SMILES string of the molecule is CC1CSCC1N=C(N)NO. The molecule has 1 saturated heterocycles. The van der Waals surface area contributed by atoms with E-state index in [4.69, 9.17) is 10.9 Å². The summed E-state index contributed by atoms with van der Waals surface area (Å²) < 4.78 is 0. The first-order valence-electron chi connectivity index (χ1n) is 3.55. The first-order valence-corrected chi connectivity index (χ1v) is 4.70. The quantitative estimate of drug-likeness (QED) is 0.299. The molecule has 0 bridgehead atoms. The lowest BCUT2D eigenvalue weighted by Gasteiger charge is -2.08. The van der Waals surface area contributed by atoms with Gasteiger partial charge in [-0.15, -0.1) is 0 Å². The molecule has 64 valence electrons. The van der Waals surface area contributed by atoms with E-state index in [1.54, 1.807) is 0 Å². The number of thioether (sulfide) groups is 1. The number of nitrogens with one attached hydrogen (secondary N) is 1. The van der Waals surface area contributed by atoms with E-state index in [1.165, 1.54) is 0 Å². The Morgan fingerprint density at radius 1 is 1.73 bits per heavy atom. The molecule has 0 aliphatic carbocycles. The first kappa shape index (κ1) is 8.67. The number of aliphatic imine (C=N–C) groups is 1. The fourth-order valence-corrected chi connectivity index (χ4v) is 2.40. The highest BCUT2D eigenvalue weighted by molar-refractivity contribution is 7.99. The molecule has 1 aliphatic heterocycles. The van der Waals surface area contributed by atoms with Crippen LogP contribution >= 0.6 is 11.8 Å². The molecule has 0 aromatic heterocycles. The summed E-state index contributed by atoms with van der Waals surface area (Å²) in [4.78, 5) is 4.09. The minimum absolute atomic E-state index is 0.115. The highest BCUT2D eigenvalue weighted by Gasteiger charge is 2.23. The molecule has 0 radical (unpaired) electrons. The third-order valence-electron chi connectivity index (χ3n) is 1.75. The van der Waals surface area contributed by atoms with Crippen LogP contribution in [0.15, 0.2) is 4.99 Å². The van der Waals surface area contributed by atoms with Crippen LogP contribution in [0.5, 0.6) is 0 Å². The number of hydrogen-bond acceptors (Lipinski definition) is 3. The average molecular weight is 175 g/mol. The van der Waals surface area contributed by atoms with E-state index in [9.17, 15) is 0 Å². The molecular formula is C6H13N3OS. The van der Waals surface area contributed by atoms with Gasteiger partial charge in [0.1, 0.15) is 0 Å². The van der Waals surface area contributed by atoms with Crippen molar-refractivity contribution >= 4 is 17.7 Å². The van der Waals surface area contributed by atoms with Gasteiger partial charge in [0, 0.05) is 5.75 Å². The number of guanidine groups is 1. The second kappa shape index (κ2) is 3.82. The van der Waals surface area contributed by atoms with Gasteiger partial charge in [0.2, 0.25) is 5.96 Å². The normalized spacial score (nSPS) is 32.4. The van der Waals surface area contributed by atoms with E-state index >= 15 is 0 Å². The molecule has 1 rings (SSSR count). The minimum atomic E-state index is 0.115. The molecule has 0 aromatic carbocycles. The summed E-state index contributed by atoms with van der Waals surface area (Å²) in [5.74, 6) is 2.81. The maximum Gasteiger partial charge on any atom is 0.213 e. The van der Waals surface area contributed by atoms with E-state index < -0.39 is 0 Å². The zero-order chi connectivity index (χ0) is 8.27. The van der Waals surface area contributed by atoms with Crippen LogP contribution in [-0.4, -0.2) is 28.7 Å². The van der Waals surface area contributed by atoms with Crippen LogP contribution in [0.2, 0.25) is 0 Å². The van der Waals surface area contributed by atoms with Crippen molar-refractivity contribution in [2.24, 2.45) is 16.6 Å². The number of rotatable bonds is 1. The lowest BCUT2D eigenvalue weighted by Crippen LogP contribution is -2.31. The Morgan fingerprint density at radius 3 is 2.91 bits per heavy atom. The summed E-state index contributed by atoms with van der Waals surface area (Å²) in [7, 11) is 0. The largest absolute Gasteiger partial charge is 0.368 e. The van der Waals surface area contributed by atoms with Gasteiger partial charge >= 0.3 is 0 Å². The Bertz CT molecular complexity index is 162. The van der Waals surface area contributed by atoms with Gasteiger partial charge in [-0.2, -0.15) is 11.8 Å². The van der Waals surface area contributed by atoms with Crippen molar-refractivity contribution in [3.05, 3.63) is 0 Å². The maximum atomic E-state index is 8.37. The van der Waals surface area contributed by atoms with Crippen LogP contribution < -0.4 is 11.2 Å². The monoisotopic (exact) mass is 175 g/mol. The van der Waals surface area contributed by atoms with E-state index in [1.807, 2.05) is 17.2 Å². The van der Waals surface area contributed by atoms with Gasteiger partial charge in [0.25, 0.3) is 0 Å². The molecule has 5 heteroatoms. The molecule has 0 aromatic rings. The average Bonchev–Trinajstić information content (AvgIpc) is 2.37. The summed E-state index contributed by atoms with van der Waals surface area (Å²) in [5, 5.41) is 8.37. The Hall–Kier alpha value is -0.420. The van der Waals surface area contributed by atoms with E-state index in [-0.39, 0.29) is 12.0 Å². The number of hydroxylamine groups is 1. The molecule has 4 nitrogen and oxygen atoms in total. The lowest BCUT2D eigenvalue weighted by molar-refractivity contribution is 0.232. The van der Waals surface area contributed by atoms with Crippen molar-refractivity contribution < 1.29 is 5.21 Å². The summed E-state index contributed by atoms with van der Waals surface area (Å²) >= 11 is 1.87. The molecule has 1 fully saturated rings. The van der Waals surface area contributed by atoms with Gasteiger partial charge in [0.05, 0.1) is 6.04 Å². The molecule has 0 amide bonds. The summed E-state index contributed by atoms with van der Waals surface area (Å²) in [5.41, 5.74) is 7.13. The van der Waals surface area contributed by atoms with Crippen molar-refractivity contribution in [2.75, 3.05) is 11.5 Å². The van der Waals surface area contributed by atoms with Gasteiger partial charge in [0.15, 0.2) is 0 Å². The van der Waals surface area contributed by atoms with Gasteiger partial charge in [-0.25, -0.2) is 10.5 Å². The molecule has 1 aliphatic rings. The van der Waals surface area contributed by atoms with Crippen LogP contribution in [0.4, 0.5) is 0 Å². The topological polar surface area (TPSA) is 70.6 Å². The van der Waals surface area contributed by atoms with Crippen molar-refractivity contribution in [3.8, 4) is 0 Å². The standard InChI is InChI=1S/C6H13N3OS/c1-4-2-11-3-5(4)8-6(7)9-10/h4-5,10H,2-3H2,1H3,(H3,7,8,9). The fraction of sp³-hybridized carbons (Fsp3) is 0.833. The van der Waals surface area contributed by atoms with Crippen molar-refractivity contribution in [2.45, 2.75) is 13.0 Å². The van der Waals surface area contributed by atoms with Gasteiger partial charge in [-0.3, -0.25) is 5.21 Å². The molecule has 2 atom stereocenters. The van der Waals surface area contributed by atoms with E-state index in [0.29, 0.717) is 5.92 Å². The second-order valence-corrected chi connectivity index (χ2v) is 3.78. The molecule has 1 heterocycles. The van der Waals surface area contributed by atoms with Crippen LogP contribution in [0.3, 0.4) is 0 Å². The molecular weight excluding hydrogens is 162 g/mol. The number of nitrogens with zero attached hydrogens (tertiary/aromatic N) is 1. The van der Waals surface area contributed by atoms with Crippen molar-refractivity contribution in [1.29, 1.82) is 0 Å². The summed E-state index contributed by atoms with van der Waals surface area (Å²) in [6.45, 7) is 2.14. The van der Waals surface area contributed by atoms with E-state index in [2.05, 4.69) is 11.9 Å². The Kier molecular flexibility index (Phi) is 3.02. The predicted octanol–water partition coefficient (Wildman–Crippen LogP) is 0.0314. The molecule has 0 spiro atoms. The predicted molar refractivity (Wildman–Crippen MR) is 46.8 cm³/mol. The minimum Gasteiger partial charge on any atom is -0.368 e. The Balaban J connectivity index is 2.47. The van der Waals surface area contributed by atoms with Crippen LogP contribution in [0, 0.1) is 5.92 Å². The molecule has 11 heavy (non-hydrogen) atoms.